The normalized spacial score (nSPS) is 13.8. The molecule has 0 aliphatic heterocycles. The highest BCUT2D eigenvalue weighted by Crippen LogP contribution is 2.41. The van der Waals surface area contributed by atoms with Crippen LogP contribution in [0.5, 0.6) is 0 Å². The summed E-state index contributed by atoms with van der Waals surface area (Å²) in [5, 5.41) is 0.175. The van der Waals surface area contributed by atoms with Gasteiger partial charge in [0.05, 0.1) is 5.30 Å². The van der Waals surface area contributed by atoms with Gasteiger partial charge in [0.25, 0.3) is 0 Å². The fraction of sp³-hybridized carbons (Fsp3) is 0.571. The van der Waals surface area contributed by atoms with Gasteiger partial charge < -0.3 is 9.79 Å². The molecule has 0 aliphatic carbocycles. The lowest BCUT2D eigenvalue weighted by atomic mass is 9.82. The summed E-state index contributed by atoms with van der Waals surface area (Å²) in [5.41, 5.74) is 4.13. The van der Waals surface area contributed by atoms with Gasteiger partial charge in [-0.25, -0.2) is 0 Å². The molecule has 0 saturated carbocycles. The lowest BCUT2D eigenvalue weighted by Crippen LogP contribution is -2.17. The Bertz CT molecular complexity index is 856. The van der Waals surface area contributed by atoms with E-state index < -0.39 is 7.60 Å². The van der Waals surface area contributed by atoms with E-state index in [4.69, 9.17) is 0 Å². The summed E-state index contributed by atoms with van der Waals surface area (Å²) < 4.78 is 12.5. The van der Waals surface area contributed by atoms with Crippen LogP contribution in [0.2, 0.25) is 0 Å². The average Bonchev–Trinajstić information content (AvgIpc) is 2.79. The maximum absolute atomic E-state index is 12.5. The van der Waals surface area contributed by atoms with Crippen LogP contribution in [0.3, 0.4) is 0 Å². The van der Waals surface area contributed by atoms with Crippen molar-refractivity contribution in [3.63, 3.8) is 0 Å². The highest BCUT2D eigenvalue weighted by Gasteiger charge is 2.27. The quantitative estimate of drug-likeness (QED) is 0.286. The molecule has 0 heterocycles. The van der Waals surface area contributed by atoms with Gasteiger partial charge in [-0.05, 0) is 47.4 Å². The predicted molar refractivity (Wildman–Crippen MR) is 138 cm³/mol. The molecule has 0 amide bonds. The van der Waals surface area contributed by atoms with Gasteiger partial charge in [-0.3, -0.25) is 4.57 Å². The minimum Gasteiger partial charge on any atom is -0.321 e. The Morgan fingerprint density at radius 3 is 1.84 bits per heavy atom. The van der Waals surface area contributed by atoms with Crippen molar-refractivity contribution >= 4 is 12.9 Å². The first-order chi connectivity index (χ1) is 15.3. The zero-order chi connectivity index (χ0) is 23.6. The minimum absolute atomic E-state index is 0.175. The van der Waals surface area contributed by atoms with Crippen LogP contribution in [0, 0.1) is 11.8 Å². The zero-order valence-corrected chi connectivity index (χ0v) is 21.4. The average molecular weight is 459 g/mol. The van der Waals surface area contributed by atoms with Gasteiger partial charge in [0, 0.05) is 5.56 Å². The van der Waals surface area contributed by atoms with Gasteiger partial charge >= 0.3 is 7.60 Å². The van der Waals surface area contributed by atoms with Crippen LogP contribution in [0.1, 0.15) is 90.2 Å². The van der Waals surface area contributed by atoms with Crippen molar-refractivity contribution in [2.75, 3.05) is 0 Å². The Balaban J connectivity index is 2.65. The van der Waals surface area contributed by atoms with Crippen LogP contribution in [0.15, 0.2) is 42.5 Å². The standard InChI is InChI=1S/C28H43O3P/c1-5-9-14-22(7-3)20-25-18-19-27(32(29,30)31)28(24-16-12-11-13-17-24)26(25)21-23(8-4)15-10-6-2/h11-13,16-19,22-23H,5-10,14-15,20-21H2,1-4H3,(H2,29,30,31). The summed E-state index contributed by atoms with van der Waals surface area (Å²) >= 11 is 0. The monoisotopic (exact) mass is 458 g/mol. The molecule has 0 saturated heterocycles. The van der Waals surface area contributed by atoms with Gasteiger partial charge in [0.1, 0.15) is 0 Å². The van der Waals surface area contributed by atoms with Crippen molar-refractivity contribution in [1.29, 1.82) is 0 Å². The van der Waals surface area contributed by atoms with E-state index in [-0.39, 0.29) is 5.30 Å². The van der Waals surface area contributed by atoms with Crippen molar-refractivity contribution in [2.24, 2.45) is 11.8 Å². The molecular formula is C28H43O3P. The van der Waals surface area contributed by atoms with Gasteiger partial charge in [0.15, 0.2) is 0 Å². The lowest BCUT2D eigenvalue weighted by molar-refractivity contribution is 0.387. The summed E-state index contributed by atoms with van der Waals surface area (Å²) in [4.78, 5) is 20.5. The van der Waals surface area contributed by atoms with Crippen molar-refractivity contribution in [1.82, 2.24) is 0 Å². The Morgan fingerprint density at radius 2 is 1.34 bits per heavy atom. The molecule has 2 aromatic carbocycles. The molecule has 178 valence electrons. The third kappa shape index (κ3) is 7.58. The van der Waals surface area contributed by atoms with Crippen LogP contribution >= 0.6 is 7.60 Å². The fourth-order valence-corrected chi connectivity index (χ4v) is 5.58. The van der Waals surface area contributed by atoms with Crippen molar-refractivity contribution < 1.29 is 14.4 Å². The molecule has 32 heavy (non-hydrogen) atoms. The molecule has 2 rings (SSSR count). The van der Waals surface area contributed by atoms with Gasteiger partial charge in [-0.15, -0.1) is 0 Å². The number of unbranched alkanes of at least 4 members (excludes halogenated alkanes) is 2. The molecule has 2 unspecified atom stereocenters. The molecule has 2 aromatic rings. The molecule has 0 fully saturated rings. The van der Waals surface area contributed by atoms with Crippen LogP contribution in [-0.4, -0.2) is 9.79 Å². The summed E-state index contributed by atoms with van der Waals surface area (Å²) in [6.45, 7) is 8.96. The Labute approximate surface area is 195 Å². The lowest BCUT2D eigenvalue weighted by Gasteiger charge is -2.25. The second kappa shape index (κ2) is 13.3. The smallest absolute Gasteiger partial charge is 0.321 e. The molecule has 0 radical (unpaired) electrons. The predicted octanol–water partition coefficient (Wildman–Crippen LogP) is 7.67. The van der Waals surface area contributed by atoms with E-state index in [2.05, 4.69) is 27.7 Å². The third-order valence-corrected chi connectivity index (χ3v) is 7.85. The van der Waals surface area contributed by atoms with Crippen LogP contribution in [-0.2, 0) is 17.4 Å². The largest absolute Gasteiger partial charge is 0.356 e. The number of hydrogen-bond acceptors (Lipinski definition) is 1. The summed E-state index contributed by atoms with van der Waals surface area (Å²) in [6.07, 6.45) is 11.2. The Kier molecular flexibility index (Phi) is 11.2. The van der Waals surface area contributed by atoms with Gasteiger partial charge in [0.2, 0.25) is 0 Å². The highest BCUT2D eigenvalue weighted by atomic mass is 31.2. The topological polar surface area (TPSA) is 57.5 Å². The Hall–Kier alpha value is -1.41. The molecule has 2 atom stereocenters. The van der Waals surface area contributed by atoms with Crippen LogP contribution in [0.4, 0.5) is 0 Å². The maximum atomic E-state index is 12.5. The highest BCUT2D eigenvalue weighted by molar-refractivity contribution is 7.60. The maximum Gasteiger partial charge on any atom is 0.356 e. The molecule has 3 nitrogen and oxygen atoms in total. The molecule has 4 heteroatoms. The molecule has 0 aromatic heterocycles. The number of rotatable bonds is 14. The fourth-order valence-electron chi connectivity index (χ4n) is 4.76. The van der Waals surface area contributed by atoms with Gasteiger partial charge in [-0.2, -0.15) is 0 Å². The van der Waals surface area contributed by atoms with Crippen molar-refractivity contribution in [3.8, 4) is 11.1 Å². The third-order valence-electron chi connectivity index (χ3n) is 6.85. The van der Waals surface area contributed by atoms with Crippen molar-refractivity contribution in [2.45, 2.75) is 91.9 Å². The van der Waals surface area contributed by atoms with E-state index in [1.807, 2.05) is 36.4 Å². The van der Waals surface area contributed by atoms with Crippen LogP contribution < -0.4 is 5.30 Å². The Morgan fingerprint density at radius 1 is 0.781 bits per heavy atom. The van der Waals surface area contributed by atoms with Crippen LogP contribution in [0.25, 0.3) is 11.1 Å². The molecule has 0 spiro atoms. The SMILES string of the molecule is CCCCC(CC)Cc1ccc(P(=O)(O)O)c(-c2ccccc2)c1CC(CC)CCCC. The second-order valence-electron chi connectivity index (χ2n) is 9.25. The molecular weight excluding hydrogens is 415 g/mol. The van der Waals surface area contributed by atoms with E-state index >= 15 is 0 Å². The summed E-state index contributed by atoms with van der Waals surface area (Å²) in [7, 11) is -4.40. The minimum atomic E-state index is -4.40. The molecule has 0 bridgehead atoms. The van der Waals surface area contributed by atoms with E-state index in [1.165, 1.54) is 37.7 Å². The first kappa shape index (κ1) is 26.8. The first-order valence-electron chi connectivity index (χ1n) is 12.6. The first-order valence-corrected chi connectivity index (χ1v) is 14.2. The van der Waals surface area contributed by atoms with E-state index in [0.717, 1.165) is 48.8 Å². The number of benzene rings is 2. The summed E-state index contributed by atoms with van der Waals surface area (Å²) in [5.74, 6) is 1.13. The second-order valence-corrected chi connectivity index (χ2v) is 10.8. The van der Waals surface area contributed by atoms with E-state index in [1.54, 1.807) is 6.07 Å². The van der Waals surface area contributed by atoms with Gasteiger partial charge in [-0.1, -0.05) is 115 Å². The summed E-state index contributed by atoms with van der Waals surface area (Å²) in [6, 6.07) is 13.6. The number of hydrogen-bond donors (Lipinski definition) is 2. The van der Waals surface area contributed by atoms with Crippen molar-refractivity contribution in [3.05, 3.63) is 53.6 Å². The van der Waals surface area contributed by atoms with E-state index in [9.17, 15) is 14.4 Å². The zero-order valence-electron chi connectivity index (χ0n) is 20.5. The molecule has 2 N–H and O–H groups in total. The van der Waals surface area contributed by atoms with E-state index in [0.29, 0.717) is 11.8 Å². The molecule has 0 aliphatic rings.